The zero-order valence-corrected chi connectivity index (χ0v) is 8.54. The molecular formula is C11H15NO2. The quantitative estimate of drug-likeness (QED) is 0.797. The third-order valence-electron chi connectivity index (χ3n) is 1.86. The van der Waals surface area contributed by atoms with Crippen molar-refractivity contribution in [3.63, 3.8) is 0 Å². The summed E-state index contributed by atoms with van der Waals surface area (Å²) in [4.78, 5) is 11.3. The molecule has 76 valence electrons. The lowest BCUT2D eigenvalue weighted by Gasteiger charge is -2.08. The van der Waals surface area contributed by atoms with Crippen LogP contribution < -0.4 is 10.1 Å². The highest BCUT2D eigenvalue weighted by molar-refractivity contribution is 5.92. The second-order valence-corrected chi connectivity index (χ2v) is 3.00. The summed E-state index contributed by atoms with van der Waals surface area (Å²) in [6.07, 6.45) is 1.39. The van der Waals surface area contributed by atoms with Crippen LogP contribution in [0.15, 0.2) is 24.3 Å². The number of hydrogen-bond donors (Lipinski definition) is 1. The molecule has 0 saturated heterocycles. The van der Waals surface area contributed by atoms with Crippen LogP contribution in [0.5, 0.6) is 5.75 Å². The summed E-state index contributed by atoms with van der Waals surface area (Å²) in [7, 11) is 1.59. The Bertz CT molecular complexity index is 310. The molecular weight excluding hydrogens is 178 g/mol. The fourth-order valence-electron chi connectivity index (χ4n) is 1.19. The normalized spacial score (nSPS) is 9.57. The average molecular weight is 193 g/mol. The van der Waals surface area contributed by atoms with Crippen molar-refractivity contribution in [3.05, 3.63) is 24.3 Å². The molecule has 1 aromatic rings. The van der Waals surface area contributed by atoms with Crippen molar-refractivity contribution >= 4 is 11.6 Å². The number of anilines is 1. The number of carbonyl (C=O) groups excluding carboxylic acids is 1. The van der Waals surface area contributed by atoms with E-state index in [0.717, 1.165) is 12.1 Å². The van der Waals surface area contributed by atoms with Gasteiger partial charge in [0, 0.05) is 6.42 Å². The van der Waals surface area contributed by atoms with Crippen molar-refractivity contribution < 1.29 is 9.53 Å². The molecule has 0 aromatic heterocycles. The van der Waals surface area contributed by atoms with E-state index in [1.54, 1.807) is 7.11 Å². The van der Waals surface area contributed by atoms with E-state index in [1.807, 2.05) is 31.2 Å². The number of para-hydroxylation sites is 2. The van der Waals surface area contributed by atoms with Crippen molar-refractivity contribution in [2.45, 2.75) is 19.8 Å². The van der Waals surface area contributed by atoms with E-state index < -0.39 is 0 Å². The molecule has 1 rings (SSSR count). The number of carbonyl (C=O) groups is 1. The summed E-state index contributed by atoms with van der Waals surface area (Å²) in [5.74, 6) is 0.717. The molecule has 1 aromatic carbocycles. The number of amides is 1. The van der Waals surface area contributed by atoms with Crippen LogP contribution in [0.25, 0.3) is 0 Å². The van der Waals surface area contributed by atoms with Gasteiger partial charge in [0.15, 0.2) is 0 Å². The van der Waals surface area contributed by atoms with Crippen molar-refractivity contribution in [1.29, 1.82) is 0 Å². The number of ether oxygens (including phenoxy) is 1. The van der Waals surface area contributed by atoms with E-state index in [9.17, 15) is 4.79 Å². The van der Waals surface area contributed by atoms with E-state index in [1.165, 1.54) is 0 Å². The molecule has 0 saturated carbocycles. The van der Waals surface area contributed by atoms with Gasteiger partial charge in [-0.05, 0) is 18.6 Å². The predicted octanol–water partition coefficient (Wildman–Crippen LogP) is 2.43. The first kappa shape index (κ1) is 10.6. The van der Waals surface area contributed by atoms with E-state index in [2.05, 4.69) is 5.32 Å². The molecule has 0 atom stereocenters. The summed E-state index contributed by atoms with van der Waals surface area (Å²) in [6, 6.07) is 7.38. The molecule has 3 nitrogen and oxygen atoms in total. The molecule has 0 heterocycles. The Kier molecular flexibility index (Phi) is 3.98. The van der Waals surface area contributed by atoms with Gasteiger partial charge >= 0.3 is 0 Å². The van der Waals surface area contributed by atoms with Crippen LogP contribution in [0.3, 0.4) is 0 Å². The smallest absolute Gasteiger partial charge is 0.224 e. The first-order valence-electron chi connectivity index (χ1n) is 4.70. The third-order valence-corrected chi connectivity index (χ3v) is 1.86. The minimum atomic E-state index is 0.0250. The fourth-order valence-corrected chi connectivity index (χ4v) is 1.19. The Labute approximate surface area is 84.1 Å². The molecule has 0 fully saturated rings. The second-order valence-electron chi connectivity index (χ2n) is 3.00. The van der Waals surface area contributed by atoms with Gasteiger partial charge in [0.25, 0.3) is 0 Å². The minimum Gasteiger partial charge on any atom is -0.495 e. The molecule has 3 heteroatoms. The van der Waals surface area contributed by atoms with Crippen LogP contribution in [0, 0.1) is 0 Å². The Balaban J connectivity index is 2.70. The fraction of sp³-hybridized carbons (Fsp3) is 0.364. The SMILES string of the molecule is CCCC(=O)Nc1ccccc1OC. The van der Waals surface area contributed by atoms with E-state index >= 15 is 0 Å². The number of benzene rings is 1. The van der Waals surface area contributed by atoms with Crippen LogP contribution in [0.1, 0.15) is 19.8 Å². The molecule has 0 radical (unpaired) electrons. The van der Waals surface area contributed by atoms with E-state index in [4.69, 9.17) is 4.74 Å². The zero-order valence-electron chi connectivity index (χ0n) is 8.54. The first-order chi connectivity index (χ1) is 6.77. The zero-order chi connectivity index (χ0) is 10.4. The van der Waals surface area contributed by atoms with Crippen molar-refractivity contribution in [2.24, 2.45) is 0 Å². The molecule has 0 spiro atoms. The van der Waals surface area contributed by atoms with Gasteiger partial charge in [-0.15, -0.1) is 0 Å². The van der Waals surface area contributed by atoms with Gasteiger partial charge in [-0.1, -0.05) is 19.1 Å². The lowest BCUT2D eigenvalue weighted by Crippen LogP contribution is -2.11. The summed E-state index contributed by atoms with van der Waals surface area (Å²) in [6.45, 7) is 1.97. The maximum absolute atomic E-state index is 11.3. The summed E-state index contributed by atoms with van der Waals surface area (Å²) in [5.41, 5.74) is 0.730. The van der Waals surface area contributed by atoms with Crippen molar-refractivity contribution in [3.8, 4) is 5.75 Å². The third kappa shape index (κ3) is 2.76. The van der Waals surface area contributed by atoms with Gasteiger partial charge in [-0.3, -0.25) is 4.79 Å². The topological polar surface area (TPSA) is 38.3 Å². The number of methoxy groups -OCH3 is 1. The highest BCUT2D eigenvalue weighted by atomic mass is 16.5. The molecule has 14 heavy (non-hydrogen) atoms. The first-order valence-corrected chi connectivity index (χ1v) is 4.70. The molecule has 0 unspecified atom stereocenters. The molecule has 1 N–H and O–H groups in total. The lowest BCUT2D eigenvalue weighted by atomic mass is 10.2. The van der Waals surface area contributed by atoms with E-state index in [0.29, 0.717) is 12.2 Å². The van der Waals surface area contributed by atoms with Gasteiger partial charge in [0.1, 0.15) is 5.75 Å². The molecule has 0 aliphatic heterocycles. The Morgan fingerprint density at radius 2 is 2.14 bits per heavy atom. The molecule has 0 bridgehead atoms. The largest absolute Gasteiger partial charge is 0.495 e. The highest BCUT2D eigenvalue weighted by Gasteiger charge is 2.04. The van der Waals surface area contributed by atoms with Gasteiger partial charge in [-0.2, -0.15) is 0 Å². The second kappa shape index (κ2) is 5.27. The number of hydrogen-bond acceptors (Lipinski definition) is 2. The van der Waals surface area contributed by atoms with Gasteiger partial charge in [-0.25, -0.2) is 0 Å². The number of rotatable bonds is 4. The van der Waals surface area contributed by atoms with Crippen LogP contribution in [0.2, 0.25) is 0 Å². The van der Waals surface area contributed by atoms with Crippen LogP contribution in [-0.2, 0) is 4.79 Å². The predicted molar refractivity (Wildman–Crippen MR) is 56.5 cm³/mol. The van der Waals surface area contributed by atoms with Crippen LogP contribution >= 0.6 is 0 Å². The Morgan fingerprint density at radius 3 is 2.79 bits per heavy atom. The van der Waals surface area contributed by atoms with E-state index in [-0.39, 0.29) is 5.91 Å². The van der Waals surface area contributed by atoms with Crippen molar-refractivity contribution in [2.75, 3.05) is 12.4 Å². The Morgan fingerprint density at radius 1 is 1.43 bits per heavy atom. The standard InChI is InChI=1S/C11H15NO2/c1-3-6-11(13)12-9-7-4-5-8-10(9)14-2/h4-5,7-8H,3,6H2,1-2H3,(H,12,13). The minimum absolute atomic E-state index is 0.0250. The Hall–Kier alpha value is -1.51. The monoisotopic (exact) mass is 193 g/mol. The molecule has 0 aliphatic rings. The summed E-state index contributed by atoms with van der Waals surface area (Å²) < 4.78 is 5.11. The molecule has 0 aliphatic carbocycles. The lowest BCUT2D eigenvalue weighted by molar-refractivity contribution is -0.116. The highest BCUT2D eigenvalue weighted by Crippen LogP contribution is 2.22. The van der Waals surface area contributed by atoms with Crippen LogP contribution in [0.4, 0.5) is 5.69 Å². The van der Waals surface area contributed by atoms with Crippen LogP contribution in [-0.4, -0.2) is 13.0 Å². The van der Waals surface area contributed by atoms with Gasteiger partial charge in [0.05, 0.1) is 12.8 Å². The summed E-state index contributed by atoms with van der Waals surface area (Å²) in [5, 5.41) is 2.80. The van der Waals surface area contributed by atoms with Gasteiger partial charge < -0.3 is 10.1 Å². The van der Waals surface area contributed by atoms with Gasteiger partial charge in [0.2, 0.25) is 5.91 Å². The maximum atomic E-state index is 11.3. The molecule has 1 amide bonds. The van der Waals surface area contributed by atoms with Crippen molar-refractivity contribution in [1.82, 2.24) is 0 Å². The summed E-state index contributed by atoms with van der Waals surface area (Å²) >= 11 is 0. The average Bonchev–Trinajstić information content (AvgIpc) is 2.19. The maximum Gasteiger partial charge on any atom is 0.224 e. The number of nitrogens with one attached hydrogen (secondary N) is 1.